The second kappa shape index (κ2) is 6.02. The summed E-state index contributed by atoms with van der Waals surface area (Å²) >= 11 is 0. The Morgan fingerprint density at radius 2 is 2.11 bits per heavy atom. The summed E-state index contributed by atoms with van der Waals surface area (Å²) in [5.41, 5.74) is 5.33. The molecule has 2 unspecified atom stereocenters. The molecule has 1 saturated carbocycles. The van der Waals surface area contributed by atoms with E-state index in [-0.39, 0.29) is 12.1 Å². The van der Waals surface area contributed by atoms with Crippen molar-refractivity contribution < 1.29 is 14.3 Å². The van der Waals surface area contributed by atoms with Crippen LogP contribution in [-0.4, -0.2) is 31.8 Å². The van der Waals surface area contributed by atoms with Crippen molar-refractivity contribution in [3.05, 3.63) is 0 Å². The van der Waals surface area contributed by atoms with E-state index in [1.165, 1.54) is 6.42 Å². The van der Waals surface area contributed by atoms with Crippen LogP contribution in [0.5, 0.6) is 0 Å². The van der Waals surface area contributed by atoms with Crippen LogP contribution in [-0.2, 0) is 14.3 Å². The molecule has 4 heteroatoms. The van der Waals surface area contributed by atoms with Crippen LogP contribution in [0.2, 0.25) is 0 Å². The quantitative estimate of drug-likeness (QED) is 0.782. The first-order valence-electron chi connectivity index (χ1n) is 7.15. The Morgan fingerprint density at radius 3 is 2.72 bits per heavy atom. The molecule has 0 spiro atoms. The fraction of sp³-hybridized carbons (Fsp3) is 0.929. The van der Waals surface area contributed by atoms with Gasteiger partial charge in [0, 0.05) is 19.8 Å². The monoisotopic (exact) mass is 255 g/mol. The van der Waals surface area contributed by atoms with Gasteiger partial charge >= 0.3 is 5.97 Å². The summed E-state index contributed by atoms with van der Waals surface area (Å²) in [5, 5.41) is 0. The Balaban J connectivity index is 1.92. The third-order valence-electron chi connectivity index (χ3n) is 4.44. The lowest BCUT2D eigenvalue weighted by Gasteiger charge is -2.36. The van der Waals surface area contributed by atoms with E-state index in [0.717, 1.165) is 19.3 Å². The number of nitrogens with two attached hydrogens (primary N) is 1. The maximum Gasteiger partial charge on any atom is 0.313 e. The van der Waals surface area contributed by atoms with Crippen LogP contribution in [0.15, 0.2) is 0 Å². The molecule has 0 aromatic rings. The van der Waals surface area contributed by atoms with Crippen LogP contribution in [0.3, 0.4) is 0 Å². The molecule has 0 amide bonds. The van der Waals surface area contributed by atoms with Crippen molar-refractivity contribution in [2.45, 2.75) is 51.6 Å². The number of ether oxygens (including phenoxy) is 2. The molecule has 2 atom stereocenters. The van der Waals surface area contributed by atoms with Crippen molar-refractivity contribution in [1.29, 1.82) is 0 Å². The summed E-state index contributed by atoms with van der Waals surface area (Å²) in [6.45, 7) is 3.84. The predicted molar refractivity (Wildman–Crippen MR) is 69.1 cm³/mol. The molecule has 104 valence electrons. The molecule has 2 fully saturated rings. The number of carbonyl (C=O) groups excluding carboxylic acids is 1. The van der Waals surface area contributed by atoms with Crippen molar-refractivity contribution in [3.8, 4) is 0 Å². The van der Waals surface area contributed by atoms with Crippen molar-refractivity contribution in [1.82, 2.24) is 0 Å². The Hall–Kier alpha value is -0.610. The Morgan fingerprint density at radius 1 is 1.39 bits per heavy atom. The molecule has 0 aromatic carbocycles. The third-order valence-corrected chi connectivity index (χ3v) is 4.44. The van der Waals surface area contributed by atoms with Crippen molar-refractivity contribution in [3.63, 3.8) is 0 Å². The molecular formula is C14H25NO3. The lowest BCUT2D eigenvalue weighted by Crippen LogP contribution is -2.45. The molecule has 0 aromatic heterocycles. The highest BCUT2D eigenvalue weighted by Crippen LogP contribution is 2.33. The Kier molecular flexibility index (Phi) is 4.62. The van der Waals surface area contributed by atoms with Gasteiger partial charge in [0.05, 0.1) is 5.41 Å². The second-order valence-corrected chi connectivity index (χ2v) is 5.90. The zero-order valence-electron chi connectivity index (χ0n) is 11.3. The van der Waals surface area contributed by atoms with Gasteiger partial charge in [0.2, 0.25) is 0 Å². The zero-order chi connectivity index (χ0) is 13.0. The topological polar surface area (TPSA) is 61.5 Å². The molecule has 1 saturated heterocycles. The molecule has 0 radical (unpaired) electrons. The van der Waals surface area contributed by atoms with Crippen LogP contribution in [0, 0.1) is 11.3 Å². The second-order valence-electron chi connectivity index (χ2n) is 5.90. The van der Waals surface area contributed by atoms with Crippen LogP contribution < -0.4 is 5.73 Å². The highest BCUT2D eigenvalue weighted by molar-refractivity contribution is 5.77. The summed E-state index contributed by atoms with van der Waals surface area (Å²) < 4.78 is 11.0. The molecule has 2 aliphatic rings. The van der Waals surface area contributed by atoms with Crippen molar-refractivity contribution in [2.24, 2.45) is 17.1 Å². The van der Waals surface area contributed by atoms with E-state index in [2.05, 4.69) is 6.92 Å². The van der Waals surface area contributed by atoms with E-state index in [1.54, 1.807) is 0 Å². The minimum absolute atomic E-state index is 0.0904. The predicted octanol–water partition coefficient (Wildman–Crippen LogP) is 1.86. The fourth-order valence-electron chi connectivity index (χ4n) is 3.02. The average Bonchev–Trinajstić information content (AvgIpc) is 2.39. The van der Waals surface area contributed by atoms with Gasteiger partial charge in [0.15, 0.2) is 0 Å². The number of carbonyl (C=O) groups is 1. The number of esters is 1. The summed E-state index contributed by atoms with van der Waals surface area (Å²) in [4.78, 5) is 12.4. The first kappa shape index (κ1) is 13.8. The fourth-order valence-corrected chi connectivity index (χ4v) is 3.02. The minimum Gasteiger partial charge on any atom is -0.462 e. The Labute approximate surface area is 109 Å². The molecule has 18 heavy (non-hydrogen) atoms. The van der Waals surface area contributed by atoms with Crippen LogP contribution in [0.4, 0.5) is 0 Å². The van der Waals surface area contributed by atoms with Gasteiger partial charge in [0.25, 0.3) is 0 Å². The first-order valence-corrected chi connectivity index (χ1v) is 7.15. The molecule has 1 heterocycles. The highest BCUT2D eigenvalue weighted by atomic mass is 16.5. The van der Waals surface area contributed by atoms with Crippen LogP contribution >= 0.6 is 0 Å². The summed E-state index contributed by atoms with van der Waals surface area (Å²) in [5.74, 6) is 0.576. The van der Waals surface area contributed by atoms with E-state index in [4.69, 9.17) is 15.2 Å². The summed E-state index contributed by atoms with van der Waals surface area (Å²) in [7, 11) is 0. The number of hydrogen-bond acceptors (Lipinski definition) is 4. The molecule has 1 aliphatic heterocycles. The first-order chi connectivity index (χ1) is 8.66. The summed E-state index contributed by atoms with van der Waals surface area (Å²) in [6, 6.07) is 0. The van der Waals surface area contributed by atoms with Gasteiger partial charge in [-0.05, 0) is 38.0 Å². The smallest absolute Gasteiger partial charge is 0.313 e. The van der Waals surface area contributed by atoms with Gasteiger partial charge in [-0.15, -0.1) is 0 Å². The number of rotatable bonds is 3. The normalized spacial score (nSPS) is 31.9. The average molecular weight is 255 g/mol. The lowest BCUT2D eigenvalue weighted by molar-refractivity contribution is -0.168. The van der Waals surface area contributed by atoms with Crippen molar-refractivity contribution in [2.75, 3.05) is 19.8 Å². The molecular weight excluding hydrogens is 230 g/mol. The largest absolute Gasteiger partial charge is 0.462 e. The van der Waals surface area contributed by atoms with Gasteiger partial charge in [-0.1, -0.05) is 13.3 Å². The standard InChI is InChI=1S/C14H25NO3/c1-11-3-2-4-12(9-11)18-13(16)14(10-15)5-7-17-8-6-14/h11-12H,2-10,15H2,1H3. The van der Waals surface area contributed by atoms with Crippen LogP contribution in [0.1, 0.15) is 45.4 Å². The van der Waals surface area contributed by atoms with E-state index in [1.807, 2.05) is 0 Å². The highest BCUT2D eigenvalue weighted by Gasteiger charge is 2.41. The van der Waals surface area contributed by atoms with Gasteiger partial charge in [0.1, 0.15) is 6.10 Å². The van der Waals surface area contributed by atoms with Crippen LogP contribution in [0.25, 0.3) is 0 Å². The minimum atomic E-state index is -0.487. The Bertz CT molecular complexity index is 287. The van der Waals surface area contributed by atoms with Gasteiger partial charge in [-0.25, -0.2) is 0 Å². The van der Waals surface area contributed by atoms with Gasteiger partial charge < -0.3 is 15.2 Å². The molecule has 0 bridgehead atoms. The van der Waals surface area contributed by atoms with Crippen molar-refractivity contribution >= 4 is 5.97 Å². The van der Waals surface area contributed by atoms with Gasteiger partial charge in [-0.3, -0.25) is 4.79 Å². The maximum absolute atomic E-state index is 12.4. The van der Waals surface area contributed by atoms with E-state index >= 15 is 0 Å². The van der Waals surface area contributed by atoms with E-state index < -0.39 is 5.41 Å². The molecule has 2 rings (SSSR count). The summed E-state index contributed by atoms with van der Waals surface area (Å²) in [6.07, 6.45) is 5.93. The zero-order valence-corrected chi connectivity index (χ0v) is 11.3. The molecule has 4 nitrogen and oxygen atoms in total. The molecule has 2 N–H and O–H groups in total. The number of hydrogen-bond donors (Lipinski definition) is 1. The third kappa shape index (κ3) is 3.04. The van der Waals surface area contributed by atoms with E-state index in [9.17, 15) is 4.79 Å². The SMILES string of the molecule is CC1CCCC(OC(=O)C2(CN)CCOCC2)C1. The molecule has 1 aliphatic carbocycles. The van der Waals surface area contributed by atoms with Gasteiger partial charge in [-0.2, -0.15) is 0 Å². The maximum atomic E-state index is 12.4. The van der Waals surface area contributed by atoms with E-state index in [0.29, 0.717) is 38.5 Å². The lowest BCUT2D eigenvalue weighted by atomic mass is 9.80.